The lowest BCUT2D eigenvalue weighted by molar-refractivity contribution is -0.145. The predicted octanol–water partition coefficient (Wildman–Crippen LogP) is 0.746. The maximum Gasteiger partial charge on any atom is 0.310 e. The Morgan fingerprint density at radius 2 is 2.08 bits per heavy atom. The van der Waals surface area contributed by atoms with Crippen molar-refractivity contribution in [1.82, 2.24) is 10.2 Å². The van der Waals surface area contributed by atoms with Crippen LogP contribution in [0.1, 0.15) is 20.3 Å². The number of sulfone groups is 1. The number of rotatable bonds is 4. The van der Waals surface area contributed by atoms with Gasteiger partial charge in [-0.05, 0) is 25.2 Å². The van der Waals surface area contributed by atoms with E-state index in [4.69, 9.17) is 4.74 Å². The van der Waals surface area contributed by atoms with Gasteiger partial charge in [-0.1, -0.05) is 6.92 Å². The third-order valence-corrected chi connectivity index (χ3v) is 6.41. The number of nitrogens with one attached hydrogen (secondary N) is 1. The van der Waals surface area contributed by atoms with E-state index in [-0.39, 0.29) is 59.2 Å². The van der Waals surface area contributed by atoms with Crippen molar-refractivity contribution < 1.29 is 17.9 Å². The highest BCUT2D eigenvalue weighted by molar-refractivity contribution is 14.0. The van der Waals surface area contributed by atoms with Crippen LogP contribution in [0.2, 0.25) is 0 Å². The maximum absolute atomic E-state index is 11.8. The van der Waals surface area contributed by atoms with E-state index >= 15 is 0 Å². The van der Waals surface area contributed by atoms with Gasteiger partial charge in [0.05, 0.1) is 24.5 Å². The first-order chi connectivity index (χ1) is 10.9. The number of hydrogen-bond acceptors (Lipinski definition) is 5. The SMILES string of the molecule is CCNC(=NCC1CCS(=O)(=O)C1)N1CC(C)C(C(=O)OC)C1.I. The van der Waals surface area contributed by atoms with Crippen LogP contribution in [-0.2, 0) is 19.4 Å². The molecule has 1 N–H and O–H groups in total. The van der Waals surface area contributed by atoms with Gasteiger partial charge in [0.15, 0.2) is 15.8 Å². The Bertz CT molecular complexity index is 567. The van der Waals surface area contributed by atoms with E-state index in [2.05, 4.69) is 15.2 Å². The summed E-state index contributed by atoms with van der Waals surface area (Å²) in [5, 5.41) is 3.24. The van der Waals surface area contributed by atoms with Crippen molar-refractivity contribution >= 4 is 45.7 Å². The molecule has 2 heterocycles. The third kappa shape index (κ3) is 5.47. The molecule has 2 aliphatic heterocycles. The van der Waals surface area contributed by atoms with Gasteiger partial charge in [0.25, 0.3) is 0 Å². The molecule has 3 unspecified atom stereocenters. The zero-order valence-corrected chi connectivity index (χ0v) is 17.7. The summed E-state index contributed by atoms with van der Waals surface area (Å²) in [7, 11) is -1.46. The van der Waals surface area contributed by atoms with Crippen LogP contribution in [0.15, 0.2) is 4.99 Å². The fraction of sp³-hybridized carbons (Fsp3) is 0.867. The summed E-state index contributed by atoms with van der Waals surface area (Å²) in [5.41, 5.74) is 0. The van der Waals surface area contributed by atoms with Crippen LogP contribution in [-0.4, -0.2) is 70.0 Å². The van der Waals surface area contributed by atoms with E-state index < -0.39 is 9.84 Å². The highest BCUT2D eigenvalue weighted by atomic mass is 127. The van der Waals surface area contributed by atoms with Crippen molar-refractivity contribution in [2.45, 2.75) is 20.3 Å². The number of hydrogen-bond donors (Lipinski definition) is 1. The molecule has 0 aliphatic carbocycles. The van der Waals surface area contributed by atoms with Gasteiger partial charge in [0.1, 0.15) is 0 Å². The number of carbonyl (C=O) groups is 1. The Hall–Kier alpha value is -0.580. The highest BCUT2D eigenvalue weighted by Crippen LogP contribution is 2.24. The van der Waals surface area contributed by atoms with Crippen LogP contribution >= 0.6 is 24.0 Å². The van der Waals surface area contributed by atoms with E-state index in [0.29, 0.717) is 19.5 Å². The second kappa shape index (κ2) is 9.21. The van der Waals surface area contributed by atoms with E-state index in [1.54, 1.807) is 0 Å². The third-order valence-electron chi connectivity index (χ3n) is 4.58. The number of esters is 1. The number of halogens is 1. The molecule has 2 aliphatic rings. The van der Waals surface area contributed by atoms with Gasteiger partial charge in [-0.3, -0.25) is 9.79 Å². The molecule has 2 fully saturated rings. The Morgan fingerprint density at radius 1 is 1.38 bits per heavy atom. The largest absolute Gasteiger partial charge is 0.469 e. The standard InChI is InChI=1S/C15H27N3O4S.HI/c1-4-16-15(17-7-12-5-6-23(20,21)10-12)18-8-11(2)13(9-18)14(19)22-3;/h11-13H,4-10H2,1-3H3,(H,16,17);1H. The average Bonchev–Trinajstić information content (AvgIpc) is 3.05. The van der Waals surface area contributed by atoms with Gasteiger partial charge < -0.3 is 15.0 Å². The minimum atomic E-state index is -2.87. The van der Waals surface area contributed by atoms with Crippen molar-refractivity contribution in [3.05, 3.63) is 0 Å². The Kier molecular flexibility index (Phi) is 8.24. The summed E-state index contributed by atoms with van der Waals surface area (Å²) in [5.74, 6) is 1.25. The first kappa shape index (κ1) is 21.5. The second-order valence-corrected chi connectivity index (χ2v) is 8.70. The number of guanidine groups is 1. The predicted molar refractivity (Wildman–Crippen MR) is 104 cm³/mol. The molecule has 0 aromatic carbocycles. The Morgan fingerprint density at radius 3 is 2.62 bits per heavy atom. The molecule has 2 saturated heterocycles. The highest BCUT2D eigenvalue weighted by Gasteiger charge is 2.37. The molecule has 0 bridgehead atoms. The lowest BCUT2D eigenvalue weighted by Crippen LogP contribution is -2.41. The van der Waals surface area contributed by atoms with Crippen LogP contribution in [0, 0.1) is 17.8 Å². The lowest BCUT2D eigenvalue weighted by atomic mass is 9.99. The van der Waals surface area contributed by atoms with Crippen LogP contribution in [0.25, 0.3) is 0 Å². The first-order valence-corrected chi connectivity index (χ1v) is 10.00. The van der Waals surface area contributed by atoms with Gasteiger partial charge in [0, 0.05) is 26.2 Å². The molecule has 0 aromatic heterocycles. The zero-order chi connectivity index (χ0) is 17.0. The molecule has 9 heteroatoms. The molecule has 0 radical (unpaired) electrons. The second-order valence-electron chi connectivity index (χ2n) is 6.48. The van der Waals surface area contributed by atoms with Crippen molar-refractivity contribution in [2.24, 2.45) is 22.7 Å². The van der Waals surface area contributed by atoms with E-state index in [1.807, 2.05) is 13.8 Å². The average molecular weight is 473 g/mol. The van der Waals surface area contributed by atoms with Crippen LogP contribution in [0.3, 0.4) is 0 Å². The Labute approximate surface area is 161 Å². The molecular weight excluding hydrogens is 445 g/mol. The summed E-state index contributed by atoms with van der Waals surface area (Å²) in [6.45, 7) is 6.60. The number of likely N-dealkylation sites (tertiary alicyclic amines) is 1. The van der Waals surface area contributed by atoms with Crippen molar-refractivity contribution in [3.8, 4) is 0 Å². The van der Waals surface area contributed by atoms with Gasteiger partial charge in [-0.15, -0.1) is 24.0 Å². The molecule has 0 spiro atoms. The maximum atomic E-state index is 11.8. The molecule has 0 amide bonds. The Balaban J connectivity index is 0.00000288. The van der Waals surface area contributed by atoms with Crippen molar-refractivity contribution in [1.29, 1.82) is 0 Å². The molecule has 2 rings (SSSR count). The molecule has 0 saturated carbocycles. The monoisotopic (exact) mass is 473 g/mol. The van der Waals surface area contributed by atoms with Crippen LogP contribution in [0.5, 0.6) is 0 Å². The summed E-state index contributed by atoms with van der Waals surface area (Å²) >= 11 is 0. The molecule has 7 nitrogen and oxygen atoms in total. The number of methoxy groups -OCH3 is 1. The minimum absolute atomic E-state index is 0. The van der Waals surface area contributed by atoms with Crippen molar-refractivity contribution in [2.75, 3.05) is 44.8 Å². The van der Waals surface area contributed by atoms with E-state index in [1.165, 1.54) is 7.11 Å². The van der Waals surface area contributed by atoms with Gasteiger partial charge >= 0.3 is 5.97 Å². The summed E-state index contributed by atoms with van der Waals surface area (Å²) in [6, 6.07) is 0. The minimum Gasteiger partial charge on any atom is -0.469 e. The summed E-state index contributed by atoms with van der Waals surface area (Å²) in [6.07, 6.45) is 0.687. The summed E-state index contributed by atoms with van der Waals surface area (Å²) < 4.78 is 27.9. The molecule has 24 heavy (non-hydrogen) atoms. The number of ether oxygens (including phenoxy) is 1. The number of carbonyl (C=O) groups excluding carboxylic acids is 1. The molecular formula is C15H28IN3O4S. The molecule has 140 valence electrons. The molecule has 3 atom stereocenters. The quantitative estimate of drug-likeness (QED) is 0.281. The van der Waals surface area contributed by atoms with Crippen molar-refractivity contribution in [3.63, 3.8) is 0 Å². The fourth-order valence-electron chi connectivity index (χ4n) is 3.26. The summed E-state index contributed by atoms with van der Waals surface area (Å²) in [4.78, 5) is 18.5. The molecule has 0 aromatic rings. The van der Waals surface area contributed by atoms with Gasteiger partial charge in [-0.2, -0.15) is 0 Å². The number of aliphatic imine (C=N–C) groups is 1. The topological polar surface area (TPSA) is 88.1 Å². The number of nitrogens with zero attached hydrogens (tertiary/aromatic N) is 2. The van der Waals surface area contributed by atoms with E-state index in [9.17, 15) is 13.2 Å². The van der Waals surface area contributed by atoms with E-state index in [0.717, 1.165) is 19.0 Å². The normalized spacial score (nSPS) is 29.2. The smallest absolute Gasteiger partial charge is 0.310 e. The first-order valence-electron chi connectivity index (χ1n) is 8.17. The van der Waals surface area contributed by atoms with Gasteiger partial charge in [-0.25, -0.2) is 8.42 Å². The fourth-order valence-corrected chi connectivity index (χ4v) is 5.10. The zero-order valence-electron chi connectivity index (χ0n) is 14.5. The lowest BCUT2D eigenvalue weighted by Gasteiger charge is -2.22. The van der Waals surface area contributed by atoms with Crippen LogP contribution in [0.4, 0.5) is 0 Å². The van der Waals surface area contributed by atoms with Gasteiger partial charge in [0.2, 0.25) is 0 Å². The van der Waals surface area contributed by atoms with Crippen LogP contribution < -0.4 is 5.32 Å².